The van der Waals surface area contributed by atoms with Crippen LogP contribution in [-0.4, -0.2) is 91.1 Å². The molecule has 5 aliphatic rings. The van der Waals surface area contributed by atoms with Crippen molar-refractivity contribution in [3.63, 3.8) is 0 Å². The fourth-order valence-electron chi connectivity index (χ4n) is 7.91. The summed E-state index contributed by atoms with van der Waals surface area (Å²) in [7, 11) is 1.70. The Morgan fingerprint density at radius 1 is 0.522 bits per heavy atom. The molecule has 3 saturated heterocycles. The maximum Gasteiger partial charge on any atom is 0.237 e. The van der Waals surface area contributed by atoms with Crippen LogP contribution in [0.2, 0.25) is 0 Å². The van der Waals surface area contributed by atoms with Crippen LogP contribution in [0.25, 0.3) is 0 Å². The van der Waals surface area contributed by atoms with Crippen molar-refractivity contribution >= 4 is 35.6 Å². The molecular weight excluding hydrogens is 584 g/mol. The summed E-state index contributed by atoms with van der Waals surface area (Å²) in [5.41, 5.74) is 6.32. The number of hydrogen-bond acceptors (Lipinski definition) is 10. The third-order valence-corrected chi connectivity index (χ3v) is 11.0. The van der Waals surface area contributed by atoms with Gasteiger partial charge >= 0.3 is 0 Å². The summed E-state index contributed by atoms with van der Waals surface area (Å²) in [6, 6.07) is 0.408. The molecule has 5 fully saturated rings. The molecule has 3 amide bonds. The normalized spacial score (nSPS) is 23.0. The summed E-state index contributed by atoms with van der Waals surface area (Å²) in [5.74, 6) is 2.86. The third-order valence-electron chi connectivity index (χ3n) is 11.0. The molecule has 4 N–H and O–H groups in total. The zero-order valence-corrected chi connectivity index (χ0v) is 27.6. The van der Waals surface area contributed by atoms with E-state index in [2.05, 4.69) is 36.2 Å². The average Bonchev–Trinajstić information content (AvgIpc) is 3.67. The first-order valence-electron chi connectivity index (χ1n) is 18.0. The van der Waals surface area contributed by atoms with Crippen LogP contribution >= 0.6 is 0 Å². The van der Waals surface area contributed by atoms with Crippen LogP contribution in [0.4, 0.5) is 17.8 Å². The third kappa shape index (κ3) is 8.19. The number of hydrazine groups is 1. The second-order valence-corrected chi connectivity index (χ2v) is 14.1. The molecule has 2 aliphatic carbocycles. The minimum absolute atomic E-state index is 0.0191. The Hall–Kier alpha value is -3.22. The van der Waals surface area contributed by atoms with Gasteiger partial charge in [0.2, 0.25) is 35.6 Å². The van der Waals surface area contributed by atoms with Crippen LogP contribution in [0, 0.1) is 17.8 Å². The van der Waals surface area contributed by atoms with E-state index in [1.807, 2.05) is 0 Å². The molecule has 3 aliphatic heterocycles. The maximum absolute atomic E-state index is 12.7. The van der Waals surface area contributed by atoms with Crippen molar-refractivity contribution in [2.45, 2.75) is 108 Å². The topological polar surface area (TPSA) is 148 Å². The van der Waals surface area contributed by atoms with Gasteiger partial charge in [0.15, 0.2) is 0 Å². The van der Waals surface area contributed by atoms with E-state index in [-0.39, 0.29) is 47.6 Å². The molecule has 6 rings (SSSR count). The molecule has 254 valence electrons. The highest BCUT2D eigenvalue weighted by Gasteiger charge is 2.31. The van der Waals surface area contributed by atoms with Gasteiger partial charge in [-0.25, -0.2) is 5.43 Å². The summed E-state index contributed by atoms with van der Waals surface area (Å²) < 4.78 is 0. The second kappa shape index (κ2) is 15.6. The van der Waals surface area contributed by atoms with E-state index >= 15 is 0 Å². The van der Waals surface area contributed by atoms with Gasteiger partial charge in [0.05, 0.1) is 0 Å². The highest BCUT2D eigenvalue weighted by molar-refractivity contribution is 5.79. The van der Waals surface area contributed by atoms with Gasteiger partial charge in [0.25, 0.3) is 0 Å². The van der Waals surface area contributed by atoms with E-state index in [4.69, 9.17) is 15.0 Å². The molecule has 0 radical (unpaired) electrons. The predicted molar refractivity (Wildman–Crippen MR) is 177 cm³/mol. The lowest BCUT2D eigenvalue weighted by molar-refractivity contribution is -0.127. The molecule has 0 aromatic carbocycles. The second-order valence-electron chi connectivity index (χ2n) is 14.1. The number of nitrogens with one attached hydrogen (secondary N) is 4. The Morgan fingerprint density at radius 3 is 1.43 bits per heavy atom. The predicted octanol–water partition coefficient (Wildman–Crippen LogP) is 2.28. The van der Waals surface area contributed by atoms with Crippen molar-refractivity contribution in [3.05, 3.63) is 0 Å². The van der Waals surface area contributed by atoms with Gasteiger partial charge in [-0.2, -0.15) is 15.0 Å². The number of carbonyl (C=O) groups excluding carboxylic acids is 3. The molecule has 13 nitrogen and oxygen atoms in total. The van der Waals surface area contributed by atoms with E-state index in [9.17, 15) is 14.4 Å². The molecule has 13 heteroatoms. The number of anilines is 3. The molecule has 0 atom stereocenters. The Labute approximate surface area is 273 Å². The van der Waals surface area contributed by atoms with Gasteiger partial charge in [0, 0.05) is 76.2 Å². The number of aromatic nitrogens is 3. The summed E-state index contributed by atoms with van der Waals surface area (Å²) in [5, 5.41) is 6.11. The smallest absolute Gasteiger partial charge is 0.237 e. The van der Waals surface area contributed by atoms with Gasteiger partial charge in [0.1, 0.15) is 0 Å². The molecule has 4 heterocycles. The number of hydrogen-bond donors (Lipinski definition) is 4. The van der Waals surface area contributed by atoms with E-state index in [0.29, 0.717) is 17.8 Å². The highest BCUT2D eigenvalue weighted by atomic mass is 16.2. The summed E-state index contributed by atoms with van der Waals surface area (Å²) in [6.07, 6.45) is 14.9. The minimum atomic E-state index is 0.0191. The van der Waals surface area contributed by atoms with Crippen LogP contribution < -0.4 is 36.2 Å². The molecule has 1 aromatic rings. The lowest BCUT2D eigenvalue weighted by Gasteiger charge is -2.36. The lowest BCUT2D eigenvalue weighted by Crippen LogP contribution is -2.51. The SMILES string of the molecule is CNC(=O)C1CCN(c2nc(N3CCC(NNC(=O)C4CCCCC4)CC3)nc(N3CCC(NC(=O)C4CCCC4)CC3)n2)CC1. The van der Waals surface area contributed by atoms with E-state index in [1.54, 1.807) is 7.05 Å². The molecule has 1 aromatic heterocycles. The zero-order valence-electron chi connectivity index (χ0n) is 27.6. The number of nitrogens with zero attached hydrogens (tertiary/aromatic N) is 6. The maximum atomic E-state index is 12.7. The van der Waals surface area contributed by atoms with Crippen molar-refractivity contribution in [2.24, 2.45) is 17.8 Å². The summed E-state index contributed by atoms with van der Waals surface area (Å²) >= 11 is 0. The monoisotopic (exact) mass is 638 g/mol. The summed E-state index contributed by atoms with van der Waals surface area (Å²) in [4.78, 5) is 59.3. The first-order chi connectivity index (χ1) is 22.5. The van der Waals surface area contributed by atoms with Gasteiger partial charge < -0.3 is 25.3 Å². The largest absolute Gasteiger partial charge is 0.359 e. The lowest BCUT2D eigenvalue weighted by atomic mass is 9.89. The van der Waals surface area contributed by atoms with Gasteiger partial charge in [-0.05, 0) is 64.2 Å². The number of rotatable bonds is 9. The fourth-order valence-corrected chi connectivity index (χ4v) is 7.91. The highest BCUT2D eigenvalue weighted by Crippen LogP contribution is 2.29. The van der Waals surface area contributed by atoms with E-state index < -0.39 is 0 Å². The Morgan fingerprint density at radius 2 is 0.935 bits per heavy atom. The Kier molecular flexibility index (Phi) is 11.1. The molecule has 0 bridgehead atoms. The molecule has 0 unspecified atom stereocenters. The minimum Gasteiger partial charge on any atom is -0.359 e. The van der Waals surface area contributed by atoms with Crippen LogP contribution in [0.1, 0.15) is 96.3 Å². The van der Waals surface area contributed by atoms with Crippen molar-refractivity contribution in [2.75, 3.05) is 61.0 Å². The van der Waals surface area contributed by atoms with Crippen LogP contribution in [0.5, 0.6) is 0 Å². The first-order valence-corrected chi connectivity index (χ1v) is 18.0. The standard InChI is InChI=1S/C33H54N10O3/c1-34-28(44)25-11-17-41(18-12-25)31-36-32(42-19-13-26(14-20-42)35-29(45)23-9-5-6-10-23)38-33(37-31)43-21-15-27(16-22-43)39-40-30(46)24-7-3-2-4-8-24/h23-27,39H,2-22H2,1H3,(H,34,44)(H,35,45)(H,40,46). The van der Waals surface area contributed by atoms with Crippen LogP contribution in [0.15, 0.2) is 0 Å². The van der Waals surface area contributed by atoms with Crippen LogP contribution in [0.3, 0.4) is 0 Å². The Balaban J connectivity index is 1.08. The van der Waals surface area contributed by atoms with Crippen molar-refractivity contribution in [3.8, 4) is 0 Å². The number of amides is 3. The molecule has 2 saturated carbocycles. The first kappa shape index (κ1) is 32.7. The van der Waals surface area contributed by atoms with E-state index in [1.165, 1.54) is 6.42 Å². The Bertz CT molecular complexity index is 1180. The van der Waals surface area contributed by atoms with Crippen molar-refractivity contribution in [1.29, 1.82) is 0 Å². The van der Waals surface area contributed by atoms with Crippen molar-refractivity contribution in [1.82, 2.24) is 36.4 Å². The van der Waals surface area contributed by atoms with Crippen molar-refractivity contribution < 1.29 is 14.4 Å². The fraction of sp³-hybridized carbons (Fsp3) is 0.818. The zero-order chi connectivity index (χ0) is 31.9. The van der Waals surface area contributed by atoms with Gasteiger partial charge in [-0.3, -0.25) is 19.8 Å². The number of carbonyl (C=O) groups is 3. The van der Waals surface area contributed by atoms with Gasteiger partial charge in [-0.1, -0.05) is 32.1 Å². The van der Waals surface area contributed by atoms with Gasteiger partial charge in [-0.15, -0.1) is 0 Å². The summed E-state index contributed by atoms with van der Waals surface area (Å²) in [6.45, 7) is 4.58. The molecule has 46 heavy (non-hydrogen) atoms. The van der Waals surface area contributed by atoms with E-state index in [0.717, 1.165) is 129 Å². The quantitative estimate of drug-likeness (QED) is 0.297. The van der Waals surface area contributed by atoms with Crippen LogP contribution in [-0.2, 0) is 14.4 Å². The number of piperidine rings is 3. The molecule has 0 spiro atoms. The average molecular weight is 639 g/mol. The molecular formula is C33H54N10O3.